The van der Waals surface area contributed by atoms with Crippen LogP contribution in [0.3, 0.4) is 0 Å². The summed E-state index contributed by atoms with van der Waals surface area (Å²) in [5.74, 6) is 0.237. The molecule has 0 fully saturated rings. The van der Waals surface area contributed by atoms with Crippen LogP contribution < -0.4 is 20.7 Å². The second-order valence-corrected chi connectivity index (χ2v) is 10.7. The minimum absolute atomic E-state index is 0.0480. The number of aryl methyl sites for hydroxylation is 1. The van der Waals surface area contributed by atoms with Crippen molar-refractivity contribution in [2.24, 2.45) is 10.7 Å². The highest BCUT2D eigenvalue weighted by atomic mass is 16.5. The number of fused-ring (bicyclic) bond motifs is 2. The third kappa shape index (κ3) is 4.37. The van der Waals surface area contributed by atoms with E-state index in [4.69, 9.17) is 15.5 Å². The molecule has 0 saturated carbocycles. The molecule has 0 unspecified atom stereocenters. The Balaban J connectivity index is 1.59. The Labute approximate surface area is 217 Å². The fourth-order valence-corrected chi connectivity index (χ4v) is 5.90. The molecule has 5 rings (SSSR count). The number of anilines is 1. The normalized spacial score (nSPS) is 24.4. The molecule has 0 aromatic heterocycles. The van der Waals surface area contributed by atoms with Gasteiger partial charge >= 0.3 is 0 Å². The number of amides is 2. The summed E-state index contributed by atoms with van der Waals surface area (Å²) in [6.07, 6.45) is 5.34. The average Bonchev–Trinajstić information content (AvgIpc) is 2.89. The smallest absolute Gasteiger partial charge is 0.254 e. The summed E-state index contributed by atoms with van der Waals surface area (Å²) in [7, 11) is 0. The van der Waals surface area contributed by atoms with E-state index < -0.39 is 17.2 Å². The van der Waals surface area contributed by atoms with Crippen LogP contribution in [0.25, 0.3) is 0 Å². The van der Waals surface area contributed by atoms with Crippen LogP contribution in [-0.4, -0.2) is 40.6 Å². The third-order valence-corrected chi connectivity index (χ3v) is 8.24. The van der Waals surface area contributed by atoms with Gasteiger partial charge in [0.25, 0.3) is 5.91 Å². The van der Waals surface area contributed by atoms with E-state index in [1.165, 1.54) is 4.90 Å². The van der Waals surface area contributed by atoms with Crippen LogP contribution in [0.4, 0.5) is 5.69 Å². The van der Waals surface area contributed by atoms with Crippen molar-refractivity contribution in [3.63, 3.8) is 0 Å². The molecule has 0 spiro atoms. The number of rotatable bonds is 5. The summed E-state index contributed by atoms with van der Waals surface area (Å²) in [5, 5.41) is 14.2. The molecule has 2 amide bonds. The zero-order valence-corrected chi connectivity index (χ0v) is 21.8. The van der Waals surface area contributed by atoms with Gasteiger partial charge < -0.3 is 20.9 Å². The van der Waals surface area contributed by atoms with Crippen LogP contribution in [-0.2, 0) is 17.6 Å². The van der Waals surface area contributed by atoms with Crippen LogP contribution in [0.1, 0.15) is 86.0 Å². The van der Waals surface area contributed by atoms with Gasteiger partial charge in [-0.25, -0.2) is 9.89 Å². The van der Waals surface area contributed by atoms with Gasteiger partial charge in [0.15, 0.2) is 0 Å². The van der Waals surface area contributed by atoms with E-state index in [1.54, 1.807) is 13.0 Å². The van der Waals surface area contributed by atoms with E-state index in [-0.39, 0.29) is 30.8 Å². The lowest BCUT2D eigenvalue weighted by Crippen LogP contribution is -2.53. The summed E-state index contributed by atoms with van der Waals surface area (Å²) in [4.78, 5) is 33.8. The molecule has 1 aliphatic carbocycles. The molecular weight excluding hydrogens is 468 g/mol. The van der Waals surface area contributed by atoms with E-state index in [0.29, 0.717) is 35.4 Å². The SMILES string of the molecule is CCC1(CC)CC(=O)N(c2c(C(=O)N[C@@H]3c4ccccc4OC[C@@]3(C)O)ccc3c2CCCC3)C(N)=N1. The van der Waals surface area contributed by atoms with E-state index >= 15 is 0 Å². The minimum atomic E-state index is -1.32. The molecule has 8 heteroatoms. The Morgan fingerprint density at radius 2 is 1.92 bits per heavy atom. The number of ether oxygens (including phenoxy) is 1. The van der Waals surface area contributed by atoms with Crippen molar-refractivity contribution in [2.75, 3.05) is 11.5 Å². The van der Waals surface area contributed by atoms with Crippen molar-refractivity contribution >= 4 is 23.5 Å². The minimum Gasteiger partial charge on any atom is -0.490 e. The molecule has 2 aliphatic heterocycles. The molecule has 0 bridgehead atoms. The molecule has 8 nitrogen and oxygen atoms in total. The van der Waals surface area contributed by atoms with Gasteiger partial charge in [-0.1, -0.05) is 38.1 Å². The highest BCUT2D eigenvalue weighted by Gasteiger charge is 2.43. The Morgan fingerprint density at radius 3 is 2.65 bits per heavy atom. The highest BCUT2D eigenvalue weighted by molar-refractivity contribution is 6.21. The number of carbonyl (C=O) groups excluding carboxylic acids is 2. The summed E-state index contributed by atoms with van der Waals surface area (Å²) < 4.78 is 5.73. The molecule has 4 N–H and O–H groups in total. The molecule has 2 atom stereocenters. The van der Waals surface area contributed by atoms with Crippen molar-refractivity contribution in [1.29, 1.82) is 0 Å². The van der Waals surface area contributed by atoms with Crippen molar-refractivity contribution in [3.05, 3.63) is 58.7 Å². The van der Waals surface area contributed by atoms with Crippen molar-refractivity contribution in [3.8, 4) is 5.75 Å². The fraction of sp³-hybridized carbons (Fsp3) is 0.483. The van der Waals surface area contributed by atoms with Crippen LogP contribution >= 0.6 is 0 Å². The first-order valence-corrected chi connectivity index (χ1v) is 13.3. The number of hydrogen-bond donors (Lipinski definition) is 3. The number of nitrogens with two attached hydrogens (primary N) is 1. The van der Waals surface area contributed by atoms with E-state index in [2.05, 4.69) is 5.32 Å². The Hall–Kier alpha value is -3.39. The fourth-order valence-electron chi connectivity index (χ4n) is 5.90. The summed E-state index contributed by atoms with van der Waals surface area (Å²) in [6.45, 7) is 5.73. The van der Waals surface area contributed by atoms with E-state index in [0.717, 1.165) is 36.8 Å². The molecule has 196 valence electrons. The lowest BCUT2D eigenvalue weighted by atomic mass is 9.85. The highest BCUT2D eigenvalue weighted by Crippen LogP contribution is 2.40. The lowest BCUT2D eigenvalue weighted by molar-refractivity contribution is -0.119. The third-order valence-electron chi connectivity index (χ3n) is 8.24. The average molecular weight is 505 g/mol. The molecule has 2 aromatic rings. The first kappa shape index (κ1) is 25.3. The molecule has 2 aromatic carbocycles. The second-order valence-electron chi connectivity index (χ2n) is 10.7. The summed E-state index contributed by atoms with van der Waals surface area (Å²) in [5.41, 5.74) is 8.35. The van der Waals surface area contributed by atoms with Gasteiger partial charge in [0, 0.05) is 5.56 Å². The van der Waals surface area contributed by atoms with Crippen LogP contribution in [0.15, 0.2) is 41.4 Å². The van der Waals surface area contributed by atoms with E-state index in [1.807, 2.05) is 44.2 Å². The molecule has 3 aliphatic rings. The summed E-state index contributed by atoms with van der Waals surface area (Å²) in [6, 6.07) is 10.4. The maximum atomic E-state index is 13.9. The quantitative estimate of drug-likeness (QED) is 0.573. The predicted molar refractivity (Wildman–Crippen MR) is 143 cm³/mol. The molecule has 0 radical (unpaired) electrons. The summed E-state index contributed by atoms with van der Waals surface area (Å²) >= 11 is 0. The van der Waals surface area contributed by atoms with Gasteiger partial charge in [-0.3, -0.25) is 9.59 Å². The lowest BCUT2D eigenvalue weighted by Gasteiger charge is -2.40. The van der Waals surface area contributed by atoms with Gasteiger partial charge in [0.1, 0.15) is 18.0 Å². The molecular formula is C29H36N4O4. The Kier molecular flexibility index (Phi) is 6.48. The number of nitrogens with one attached hydrogen (secondary N) is 1. The largest absolute Gasteiger partial charge is 0.490 e. The van der Waals surface area contributed by atoms with Crippen molar-refractivity contribution in [1.82, 2.24) is 5.32 Å². The number of guanidine groups is 1. The standard InChI is InChI=1S/C29H36N4O4/c1-4-29(5-2)16-23(34)33(27(30)32-29)24-19-11-7-6-10-18(19)14-15-21(24)26(35)31-25-20-12-8-9-13-22(20)37-17-28(25,3)36/h8-9,12-15,25,36H,4-7,10-11,16-17H2,1-3H3,(H2,30,32)(H,31,35)/t25-,28-/m1/s1. The maximum absolute atomic E-state index is 13.9. The zero-order chi connectivity index (χ0) is 26.4. The predicted octanol–water partition coefficient (Wildman–Crippen LogP) is 3.79. The number of para-hydroxylation sites is 1. The second kappa shape index (κ2) is 9.49. The molecule has 0 saturated heterocycles. The Morgan fingerprint density at radius 1 is 1.19 bits per heavy atom. The van der Waals surface area contributed by atoms with Gasteiger partial charge in [-0.2, -0.15) is 0 Å². The number of aliphatic hydroxyl groups is 1. The number of nitrogens with zero attached hydrogens (tertiary/aromatic N) is 2. The van der Waals surface area contributed by atoms with Gasteiger partial charge in [-0.05, 0) is 68.7 Å². The van der Waals surface area contributed by atoms with Gasteiger partial charge in [-0.15, -0.1) is 0 Å². The van der Waals surface area contributed by atoms with Gasteiger partial charge in [0.2, 0.25) is 11.9 Å². The number of aliphatic imine (C=N–C) groups is 1. The molecule has 2 heterocycles. The maximum Gasteiger partial charge on any atom is 0.254 e. The number of hydrogen-bond acceptors (Lipinski definition) is 6. The zero-order valence-electron chi connectivity index (χ0n) is 21.8. The van der Waals surface area contributed by atoms with E-state index in [9.17, 15) is 14.7 Å². The number of benzene rings is 2. The topological polar surface area (TPSA) is 117 Å². The first-order chi connectivity index (χ1) is 17.7. The first-order valence-electron chi connectivity index (χ1n) is 13.3. The van der Waals surface area contributed by atoms with Crippen LogP contribution in [0.5, 0.6) is 5.75 Å². The van der Waals surface area contributed by atoms with Crippen LogP contribution in [0, 0.1) is 0 Å². The van der Waals surface area contributed by atoms with Crippen molar-refractivity contribution < 1.29 is 19.4 Å². The number of carbonyl (C=O) groups is 2. The Bertz CT molecular complexity index is 1260. The van der Waals surface area contributed by atoms with Crippen molar-refractivity contribution in [2.45, 2.75) is 82.9 Å². The monoisotopic (exact) mass is 504 g/mol. The van der Waals surface area contributed by atoms with Crippen LogP contribution in [0.2, 0.25) is 0 Å². The van der Waals surface area contributed by atoms with Gasteiger partial charge in [0.05, 0.1) is 29.3 Å². The molecule has 37 heavy (non-hydrogen) atoms.